The third kappa shape index (κ3) is 3.74. The van der Waals surface area contributed by atoms with Gasteiger partial charge in [-0.1, -0.05) is 50.1 Å². The number of rotatable bonds is 7. The van der Waals surface area contributed by atoms with Crippen molar-refractivity contribution in [3.05, 3.63) is 54.1 Å². The highest BCUT2D eigenvalue weighted by molar-refractivity contribution is 7.89. The van der Waals surface area contributed by atoms with Gasteiger partial charge < -0.3 is 8.83 Å². The van der Waals surface area contributed by atoms with E-state index in [1.165, 1.54) is 29.5 Å². The molecule has 0 N–H and O–H groups in total. The molecule has 0 amide bonds. The SMILES string of the molecule is CCN(Cc1ccccc1)S(=O)(=O)c1cc(-c2nnc(C3CCCC3)o2)co1. The van der Waals surface area contributed by atoms with E-state index in [1.54, 1.807) is 6.92 Å². The fourth-order valence-corrected chi connectivity index (χ4v) is 4.89. The molecule has 8 heteroatoms. The molecule has 1 fully saturated rings. The molecule has 1 aliphatic carbocycles. The number of hydrogen-bond acceptors (Lipinski definition) is 6. The van der Waals surface area contributed by atoms with Crippen molar-refractivity contribution < 1.29 is 17.3 Å². The standard InChI is InChI=1S/C20H23N3O4S/c1-2-23(13-15-8-4-3-5-9-15)28(24,25)18-12-17(14-26-18)20-22-21-19(27-20)16-10-6-7-11-16/h3-5,8-9,12,14,16H,2,6-7,10-11,13H2,1H3. The lowest BCUT2D eigenvalue weighted by Gasteiger charge is -2.18. The first-order valence-corrected chi connectivity index (χ1v) is 11.0. The predicted molar refractivity (Wildman–Crippen MR) is 103 cm³/mol. The molecule has 0 spiro atoms. The van der Waals surface area contributed by atoms with E-state index in [0.717, 1.165) is 18.4 Å². The third-order valence-electron chi connectivity index (χ3n) is 5.12. The van der Waals surface area contributed by atoms with Gasteiger partial charge in [0.05, 0.1) is 5.56 Å². The minimum absolute atomic E-state index is 0.124. The van der Waals surface area contributed by atoms with Gasteiger partial charge in [0.25, 0.3) is 15.9 Å². The summed E-state index contributed by atoms with van der Waals surface area (Å²) in [6.45, 7) is 2.41. The molecule has 3 aromatic rings. The normalized spacial score (nSPS) is 15.5. The average molecular weight is 401 g/mol. The zero-order valence-electron chi connectivity index (χ0n) is 15.7. The van der Waals surface area contributed by atoms with Gasteiger partial charge in [0, 0.05) is 25.1 Å². The van der Waals surface area contributed by atoms with Gasteiger partial charge in [-0.25, -0.2) is 8.42 Å². The van der Waals surface area contributed by atoms with Crippen molar-refractivity contribution in [1.29, 1.82) is 0 Å². The van der Waals surface area contributed by atoms with Crippen LogP contribution < -0.4 is 0 Å². The van der Waals surface area contributed by atoms with E-state index < -0.39 is 10.0 Å². The number of sulfonamides is 1. The molecule has 28 heavy (non-hydrogen) atoms. The summed E-state index contributed by atoms with van der Waals surface area (Å²) in [5.41, 5.74) is 1.39. The van der Waals surface area contributed by atoms with E-state index >= 15 is 0 Å². The maximum atomic E-state index is 13.0. The van der Waals surface area contributed by atoms with Gasteiger partial charge in [-0.15, -0.1) is 10.2 Å². The minimum atomic E-state index is -3.77. The Balaban J connectivity index is 1.55. The summed E-state index contributed by atoms with van der Waals surface area (Å²) in [6, 6.07) is 10.9. The lowest BCUT2D eigenvalue weighted by atomic mass is 10.1. The molecular formula is C20H23N3O4S. The van der Waals surface area contributed by atoms with Crippen molar-refractivity contribution in [2.24, 2.45) is 0 Å². The monoisotopic (exact) mass is 401 g/mol. The first-order valence-electron chi connectivity index (χ1n) is 9.54. The van der Waals surface area contributed by atoms with Crippen LogP contribution in [0.3, 0.4) is 0 Å². The molecule has 148 valence electrons. The molecule has 0 aliphatic heterocycles. The van der Waals surface area contributed by atoms with Crippen molar-refractivity contribution in [3.63, 3.8) is 0 Å². The fraction of sp³-hybridized carbons (Fsp3) is 0.400. The second kappa shape index (κ2) is 7.89. The maximum absolute atomic E-state index is 13.0. The summed E-state index contributed by atoms with van der Waals surface area (Å²) in [4.78, 5) is 0. The van der Waals surface area contributed by atoms with Crippen LogP contribution in [0.5, 0.6) is 0 Å². The molecule has 7 nitrogen and oxygen atoms in total. The van der Waals surface area contributed by atoms with Crippen LogP contribution in [0.2, 0.25) is 0 Å². The van der Waals surface area contributed by atoms with Crippen molar-refractivity contribution in [1.82, 2.24) is 14.5 Å². The first kappa shape index (κ1) is 18.9. The molecular weight excluding hydrogens is 378 g/mol. The molecule has 1 aromatic carbocycles. The number of aromatic nitrogens is 2. The number of nitrogens with zero attached hydrogens (tertiary/aromatic N) is 3. The number of benzene rings is 1. The van der Waals surface area contributed by atoms with Crippen LogP contribution in [0, 0.1) is 0 Å². The summed E-state index contributed by atoms with van der Waals surface area (Å²) in [5, 5.41) is 8.08. The first-order chi connectivity index (χ1) is 13.6. The Kier molecular flexibility index (Phi) is 5.32. The molecule has 0 atom stereocenters. The second-order valence-electron chi connectivity index (χ2n) is 7.00. The Morgan fingerprint density at radius 2 is 1.89 bits per heavy atom. The maximum Gasteiger partial charge on any atom is 0.276 e. The largest absolute Gasteiger partial charge is 0.451 e. The predicted octanol–water partition coefficient (Wildman–Crippen LogP) is 4.20. The van der Waals surface area contributed by atoms with E-state index in [4.69, 9.17) is 8.83 Å². The van der Waals surface area contributed by atoms with Gasteiger partial charge in [-0.2, -0.15) is 4.31 Å². The molecule has 1 aliphatic rings. The van der Waals surface area contributed by atoms with E-state index in [0.29, 0.717) is 29.8 Å². The van der Waals surface area contributed by atoms with Crippen LogP contribution in [-0.4, -0.2) is 29.5 Å². The van der Waals surface area contributed by atoms with Gasteiger partial charge in [-0.3, -0.25) is 0 Å². The highest BCUT2D eigenvalue weighted by atomic mass is 32.2. The van der Waals surface area contributed by atoms with Gasteiger partial charge in [-0.05, 0) is 18.4 Å². The molecule has 0 saturated heterocycles. The van der Waals surface area contributed by atoms with E-state index in [9.17, 15) is 8.42 Å². The van der Waals surface area contributed by atoms with Crippen LogP contribution in [0.25, 0.3) is 11.5 Å². The molecule has 4 rings (SSSR count). The molecule has 0 radical (unpaired) electrons. The lowest BCUT2D eigenvalue weighted by Crippen LogP contribution is -2.30. The quantitative estimate of drug-likeness (QED) is 0.589. The zero-order chi connectivity index (χ0) is 19.6. The summed E-state index contributed by atoms with van der Waals surface area (Å²) in [5.74, 6) is 1.22. The van der Waals surface area contributed by atoms with E-state index in [-0.39, 0.29) is 11.6 Å². The lowest BCUT2D eigenvalue weighted by molar-refractivity contribution is 0.385. The molecule has 0 bridgehead atoms. The minimum Gasteiger partial charge on any atom is -0.451 e. The summed E-state index contributed by atoms with van der Waals surface area (Å²) < 4.78 is 38.5. The van der Waals surface area contributed by atoms with Crippen molar-refractivity contribution in [2.75, 3.05) is 6.54 Å². The van der Waals surface area contributed by atoms with Crippen LogP contribution in [0.1, 0.15) is 50.0 Å². The Hall–Kier alpha value is -2.45. The van der Waals surface area contributed by atoms with Crippen LogP contribution in [0.4, 0.5) is 0 Å². The molecule has 2 heterocycles. The van der Waals surface area contributed by atoms with Crippen LogP contribution in [0.15, 0.2) is 56.6 Å². The van der Waals surface area contributed by atoms with Crippen LogP contribution >= 0.6 is 0 Å². The van der Waals surface area contributed by atoms with Gasteiger partial charge in [0.1, 0.15) is 6.26 Å². The molecule has 1 saturated carbocycles. The second-order valence-corrected chi connectivity index (χ2v) is 8.87. The highest BCUT2D eigenvalue weighted by Crippen LogP contribution is 2.35. The Morgan fingerprint density at radius 1 is 1.14 bits per heavy atom. The topological polar surface area (TPSA) is 89.4 Å². The van der Waals surface area contributed by atoms with Gasteiger partial charge in [0.15, 0.2) is 0 Å². The summed E-state index contributed by atoms with van der Waals surface area (Å²) in [6.07, 6.45) is 5.81. The van der Waals surface area contributed by atoms with Crippen LogP contribution in [-0.2, 0) is 16.6 Å². The summed E-state index contributed by atoms with van der Waals surface area (Å²) >= 11 is 0. The Labute approximate surface area is 164 Å². The Morgan fingerprint density at radius 3 is 2.61 bits per heavy atom. The Bertz CT molecular complexity index is 1020. The van der Waals surface area contributed by atoms with Gasteiger partial charge >= 0.3 is 0 Å². The summed E-state index contributed by atoms with van der Waals surface area (Å²) in [7, 11) is -3.77. The van der Waals surface area contributed by atoms with Crippen molar-refractivity contribution >= 4 is 10.0 Å². The van der Waals surface area contributed by atoms with Gasteiger partial charge in [0.2, 0.25) is 11.0 Å². The van der Waals surface area contributed by atoms with E-state index in [1.807, 2.05) is 30.3 Å². The number of furan rings is 1. The fourth-order valence-electron chi connectivity index (χ4n) is 3.53. The van der Waals surface area contributed by atoms with Crippen molar-refractivity contribution in [3.8, 4) is 11.5 Å². The van der Waals surface area contributed by atoms with E-state index in [2.05, 4.69) is 10.2 Å². The number of hydrogen-bond donors (Lipinski definition) is 0. The highest BCUT2D eigenvalue weighted by Gasteiger charge is 2.28. The molecule has 0 unspecified atom stereocenters. The third-order valence-corrected chi connectivity index (χ3v) is 6.91. The smallest absolute Gasteiger partial charge is 0.276 e. The zero-order valence-corrected chi connectivity index (χ0v) is 16.6. The average Bonchev–Trinajstić information content (AvgIpc) is 3.47. The van der Waals surface area contributed by atoms with Crippen molar-refractivity contribution in [2.45, 2.75) is 50.2 Å². The molecule has 2 aromatic heterocycles.